The molecule has 3 aromatic rings. The Morgan fingerprint density at radius 2 is 1.87 bits per heavy atom. The van der Waals surface area contributed by atoms with Crippen molar-refractivity contribution in [2.45, 2.75) is 12.3 Å². The van der Waals surface area contributed by atoms with Gasteiger partial charge in [-0.25, -0.2) is 0 Å². The summed E-state index contributed by atoms with van der Waals surface area (Å²) < 4.78 is 5.31. The number of benzene rings is 3. The number of amides is 2. The van der Waals surface area contributed by atoms with Crippen molar-refractivity contribution in [3.05, 3.63) is 89.5 Å². The van der Waals surface area contributed by atoms with E-state index in [4.69, 9.17) is 4.74 Å². The zero-order valence-electron chi connectivity index (χ0n) is 16.8. The largest absolute Gasteiger partial charge is 0.497 e. The Morgan fingerprint density at radius 1 is 1.07 bits per heavy atom. The molecule has 0 aromatic heterocycles. The van der Waals surface area contributed by atoms with Gasteiger partial charge in [-0.3, -0.25) is 14.5 Å². The molecule has 1 saturated heterocycles. The Balaban J connectivity index is 1.59. The Morgan fingerprint density at radius 3 is 2.67 bits per heavy atom. The van der Waals surface area contributed by atoms with Crippen LogP contribution in [0.1, 0.15) is 26.9 Å². The van der Waals surface area contributed by atoms with Gasteiger partial charge in [0, 0.05) is 23.0 Å². The maximum absolute atomic E-state index is 12.6. The molecule has 1 N–H and O–H groups in total. The van der Waals surface area contributed by atoms with Crippen LogP contribution in [-0.4, -0.2) is 24.7 Å². The SMILES string of the molecule is COc1cccc(N2C(=O)CSC2c2cccc(NC(=O)c3cccc(C)c3)c2)c1. The monoisotopic (exact) mass is 418 g/mol. The molecule has 1 fully saturated rings. The minimum atomic E-state index is -0.166. The number of hydrogen-bond donors (Lipinski definition) is 1. The molecule has 6 heteroatoms. The highest BCUT2D eigenvalue weighted by Crippen LogP contribution is 2.42. The average molecular weight is 419 g/mol. The Hall–Kier alpha value is -3.25. The molecule has 1 heterocycles. The molecule has 3 aromatic carbocycles. The van der Waals surface area contributed by atoms with E-state index in [0.717, 1.165) is 16.8 Å². The Labute approximate surface area is 180 Å². The van der Waals surface area contributed by atoms with Gasteiger partial charge in [0.05, 0.1) is 12.9 Å². The van der Waals surface area contributed by atoms with Gasteiger partial charge in [0.1, 0.15) is 11.1 Å². The highest BCUT2D eigenvalue weighted by Gasteiger charge is 2.34. The molecule has 30 heavy (non-hydrogen) atoms. The lowest BCUT2D eigenvalue weighted by Crippen LogP contribution is -2.27. The average Bonchev–Trinajstić information content (AvgIpc) is 3.15. The number of carbonyl (C=O) groups is 2. The molecule has 4 rings (SSSR count). The summed E-state index contributed by atoms with van der Waals surface area (Å²) in [7, 11) is 1.61. The number of hydrogen-bond acceptors (Lipinski definition) is 4. The van der Waals surface area contributed by atoms with Gasteiger partial charge in [-0.15, -0.1) is 11.8 Å². The third-order valence-electron chi connectivity index (χ3n) is 4.91. The van der Waals surface area contributed by atoms with Crippen LogP contribution < -0.4 is 15.0 Å². The summed E-state index contributed by atoms with van der Waals surface area (Å²) in [4.78, 5) is 27.0. The quantitative estimate of drug-likeness (QED) is 0.631. The minimum Gasteiger partial charge on any atom is -0.497 e. The number of nitrogens with one attached hydrogen (secondary N) is 1. The summed E-state index contributed by atoms with van der Waals surface area (Å²) in [6.45, 7) is 1.96. The van der Waals surface area contributed by atoms with Crippen LogP contribution in [0.25, 0.3) is 0 Å². The summed E-state index contributed by atoms with van der Waals surface area (Å²) in [5.41, 5.74) is 4.10. The second-order valence-corrected chi connectivity index (χ2v) is 8.15. The summed E-state index contributed by atoms with van der Waals surface area (Å²) in [5.74, 6) is 1.00. The molecule has 152 valence electrons. The van der Waals surface area contributed by atoms with Gasteiger partial charge in [-0.05, 0) is 48.9 Å². The van der Waals surface area contributed by atoms with Crippen molar-refractivity contribution in [3.63, 3.8) is 0 Å². The molecule has 0 saturated carbocycles. The van der Waals surface area contributed by atoms with Crippen LogP contribution in [0.5, 0.6) is 5.75 Å². The van der Waals surface area contributed by atoms with Crippen molar-refractivity contribution < 1.29 is 14.3 Å². The highest BCUT2D eigenvalue weighted by atomic mass is 32.2. The molecule has 5 nitrogen and oxygen atoms in total. The Bertz CT molecular complexity index is 1100. The van der Waals surface area contributed by atoms with E-state index in [0.29, 0.717) is 22.8 Å². The van der Waals surface area contributed by atoms with Crippen molar-refractivity contribution in [2.24, 2.45) is 0 Å². The van der Waals surface area contributed by atoms with Gasteiger partial charge in [0.15, 0.2) is 0 Å². The van der Waals surface area contributed by atoms with Crippen molar-refractivity contribution in [3.8, 4) is 5.75 Å². The van der Waals surface area contributed by atoms with Crippen LogP contribution in [0, 0.1) is 6.92 Å². The number of rotatable bonds is 5. The zero-order chi connectivity index (χ0) is 21.1. The van der Waals surface area contributed by atoms with Gasteiger partial charge in [-0.1, -0.05) is 35.9 Å². The molecule has 1 aliphatic heterocycles. The summed E-state index contributed by atoms with van der Waals surface area (Å²) in [6, 6.07) is 22.6. The number of nitrogens with zero attached hydrogens (tertiary/aromatic N) is 1. The van der Waals surface area contributed by atoms with Crippen molar-refractivity contribution in [1.82, 2.24) is 0 Å². The number of aryl methyl sites for hydroxylation is 1. The molecule has 2 amide bonds. The first-order chi connectivity index (χ1) is 14.5. The number of anilines is 2. The molecule has 0 aliphatic carbocycles. The maximum Gasteiger partial charge on any atom is 0.255 e. The first kappa shape index (κ1) is 20.0. The first-order valence-electron chi connectivity index (χ1n) is 9.61. The molecule has 1 unspecified atom stereocenters. The summed E-state index contributed by atoms with van der Waals surface area (Å²) >= 11 is 1.57. The summed E-state index contributed by atoms with van der Waals surface area (Å²) in [5, 5.41) is 2.80. The van der Waals surface area contributed by atoms with Crippen LogP contribution in [0.2, 0.25) is 0 Å². The van der Waals surface area contributed by atoms with Gasteiger partial charge >= 0.3 is 0 Å². The molecule has 1 atom stereocenters. The smallest absolute Gasteiger partial charge is 0.255 e. The first-order valence-corrected chi connectivity index (χ1v) is 10.7. The zero-order valence-corrected chi connectivity index (χ0v) is 17.6. The van der Waals surface area contributed by atoms with Gasteiger partial charge in [0.25, 0.3) is 5.91 Å². The number of carbonyl (C=O) groups excluding carboxylic acids is 2. The van der Waals surface area contributed by atoms with Crippen molar-refractivity contribution in [2.75, 3.05) is 23.1 Å². The standard InChI is InChI=1S/C24H22N2O3S/c1-16-6-3-7-17(12-16)23(28)25-19-9-4-8-18(13-19)24-26(22(27)15-30-24)20-10-5-11-21(14-20)29-2/h3-14,24H,15H2,1-2H3,(H,25,28). The van der Waals surface area contributed by atoms with E-state index < -0.39 is 0 Å². The topological polar surface area (TPSA) is 58.6 Å². The van der Waals surface area contributed by atoms with E-state index in [2.05, 4.69) is 5.32 Å². The van der Waals surface area contributed by atoms with E-state index in [-0.39, 0.29) is 17.2 Å². The van der Waals surface area contributed by atoms with Crippen LogP contribution in [0.3, 0.4) is 0 Å². The Kier molecular flexibility index (Phi) is 5.77. The van der Waals surface area contributed by atoms with E-state index in [9.17, 15) is 9.59 Å². The predicted molar refractivity (Wildman–Crippen MR) is 121 cm³/mol. The van der Waals surface area contributed by atoms with Crippen LogP contribution >= 0.6 is 11.8 Å². The third-order valence-corrected chi connectivity index (χ3v) is 6.12. The fourth-order valence-corrected chi connectivity index (χ4v) is 4.64. The highest BCUT2D eigenvalue weighted by molar-refractivity contribution is 8.00. The minimum absolute atomic E-state index is 0.0486. The molecule has 0 bridgehead atoms. The predicted octanol–water partition coefficient (Wildman–Crippen LogP) is 5.03. The summed E-state index contributed by atoms with van der Waals surface area (Å²) in [6.07, 6.45) is 0. The van der Waals surface area contributed by atoms with E-state index >= 15 is 0 Å². The van der Waals surface area contributed by atoms with Crippen LogP contribution in [0.4, 0.5) is 11.4 Å². The lowest BCUT2D eigenvalue weighted by Gasteiger charge is -2.25. The van der Waals surface area contributed by atoms with Crippen LogP contribution in [0.15, 0.2) is 72.8 Å². The second-order valence-electron chi connectivity index (χ2n) is 7.08. The van der Waals surface area contributed by atoms with E-state index in [1.165, 1.54) is 0 Å². The molecule has 0 radical (unpaired) electrons. The second kappa shape index (κ2) is 8.63. The lowest BCUT2D eigenvalue weighted by molar-refractivity contribution is -0.115. The molecular formula is C24H22N2O3S. The van der Waals surface area contributed by atoms with E-state index in [1.807, 2.05) is 73.7 Å². The number of thioether (sulfide) groups is 1. The molecule has 0 spiro atoms. The normalized spacial score (nSPS) is 15.9. The lowest BCUT2D eigenvalue weighted by atomic mass is 10.1. The molecule has 1 aliphatic rings. The van der Waals surface area contributed by atoms with E-state index in [1.54, 1.807) is 29.8 Å². The van der Waals surface area contributed by atoms with Gasteiger partial charge in [-0.2, -0.15) is 0 Å². The number of methoxy groups -OCH3 is 1. The molecular weight excluding hydrogens is 396 g/mol. The number of ether oxygens (including phenoxy) is 1. The van der Waals surface area contributed by atoms with Gasteiger partial charge < -0.3 is 10.1 Å². The van der Waals surface area contributed by atoms with Crippen molar-refractivity contribution >= 4 is 35.0 Å². The van der Waals surface area contributed by atoms with Gasteiger partial charge in [0.2, 0.25) is 5.91 Å². The third kappa shape index (κ3) is 4.19. The fraction of sp³-hybridized carbons (Fsp3) is 0.167. The fourth-order valence-electron chi connectivity index (χ4n) is 3.47. The van der Waals surface area contributed by atoms with Crippen LogP contribution in [-0.2, 0) is 4.79 Å². The maximum atomic E-state index is 12.6. The van der Waals surface area contributed by atoms with Crippen molar-refractivity contribution in [1.29, 1.82) is 0 Å².